The first-order valence-corrected chi connectivity index (χ1v) is 13.7. The van der Waals surface area contributed by atoms with Gasteiger partial charge in [-0.15, -0.1) is 11.3 Å². The molecular weight excluding hydrogens is 458 g/mol. The molecule has 4 rings (SSSR count). The van der Waals surface area contributed by atoms with Crippen LogP contribution in [0.5, 0.6) is 0 Å². The Morgan fingerprint density at radius 1 is 1.18 bits per heavy atom. The summed E-state index contributed by atoms with van der Waals surface area (Å²) in [5, 5.41) is 5.01. The third-order valence-corrected chi connectivity index (χ3v) is 9.25. The van der Waals surface area contributed by atoms with Crippen molar-refractivity contribution in [2.75, 3.05) is 18.5 Å². The van der Waals surface area contributed by atoms with Gasteiger partial charge in [0.25, 0.3) is 0 Å². The van der Waals surface area contributed by atoms with Crippen LogP contribution in [-0.4, -0.2) is 33.8 Å². The Morgan fingerprint density at radius 3 is 2.58 bits per heavy atom. The Hall–Kier alpha value is -2.23. The topological polar surface area (TPSA) is 95.6 Å². The number of nitrogens with zero attached hydrogens (tertiary/aromatic N) is 1. The second-order valence-corrected chi connectivity index (χ2v) is 12.3. The lowest BCUT2D eigenvalue weighted by molar-refractivity contribution is -0.126. The number of fused-ring (bicyclic) bond motifs is 1. The molecule has 0 saturated heterocycles. The Morgan fingerprint density at radius 2 is 1.91 bits per heavy atom. The molecule has 2 heterocycles. The van der Waals surface area contributed by atoms with Crippen LogP contribution in [0.15, 0.2) is 40.6 Å². The summed E-state index contributed by atoms with van der Waals surface area (Å²) in [5.41, 5.74) is 0.726. The number of carbonyl (C=O) groups excluding carboxylic acids is 2. The molecule has 1 aliphatic carbocycles. The summed E-state index contributed by atoms with van der Waals surface area (Å²) in [5.74, 6) is 0.241. The maximum Gasteiger partial charge on any atom is 0.240 e. The number of likely N-dealkylation sites (N-methyl/N-ethyl adjacent to an activating group) is 1. The maximum absolute atomic E-state index is 12.9. The molecule has 0 radical (unpaired) electrons. The van der Waals surface area contributed by atoms with Gasteiger partial charge >= 0.3 is 0 Å². The fourth-order valence-electron chi connectivity index (χ4n) is 4.79. The number of carbonyl (C=O) groups is 2. The molecule has 1 aromatic heterocycles. The van der Waals surface area contributed by atoms with Gasteiger partial charge in [0.15, 0.2) is 0 Å². The molecule has 2 amide bonds. The Balaban J connectivity index is 1.31. The fraction of sp³-hybridized carbons (Fsp3) is 0.500. The molecule has 9 heteroatoms. The Bertz CT molecular complexity index is 1130. The van der Waals surface area contributed by atoms with E-state index in [4.69, 9.17) is 0 Å². The highest BCUT2D eigenvalue weighted by atomic mass is 32.2. The lowest BCUT2D eigenvalue weighted by Gasteiger charge is -2.28. The van der Waals surface area contributed by atoms with Crippen LogP contribution < -0.4 is 14.9 Å². The minimum Gasteiger partial charge on any atom is -0.351 e. The first-order valence-electron chi connectivity index (χ1n) is 11.3. The van der Waals surface area contributed by atoms with Crippen molar-refractivity contribution in [3.63, 3.8) is 0 Å². The van der Waals surface area contributed by atoms with Crippen molar-refractivity contribution in [3.05, 3.63) is 46.2 Å². The zero-order chi connectivity index (χ0) is 23.8. The van der Waals surface area contributed by atoms with Gasteiger partial charge in [-0.3, -0.25) is 9.59 Å². The predicted molar refractivity (Wildman–Crippen MR) is 130 cm³/mol. The largest absolute Gasteiger partial charge is 0.351 e. The van der Waals surface area contributed by atoms with Gasteiger partial charge < -0.3 is 10.2 Å². The van der Waals surface area contributed by atoms with Gasteiger partial charge in [0.1, 0.15) is 0 Å². The molecule has 1 saturated carbocycles. The quantitative estimate of drug-likeness (QED) is 0.623. The van der Waals surface area contributed by atoms with Crippen LogP contribution in [0, 0.1) is 11.8 Å². The van der Waals surface area contributed by atoms with Gasteiger partial charge in [0, 0.05) is 30.1 Å². The van der Waals surface area contributed by atoms with E-state index in [1.54, 1.807) is 41.5 Å². The van der Waals surface area contributed by atoms with E-state index in [2.05, 4.69) is 10.0 Å². The van der Waals surface area contributed by atoms with Crippen LogP contribution in [0.25, 0.3) is 0 Å². The summed E-state index contributed by atoms with van der Waals surface area (Å²) in [6, 6.07) is 8.86. The normalized spacial score (nSPS) is 22.3. The van der Waals surface area contributed by atoms with Crippen LogP contribution in [0.1, 0.15) is 50.0 Å². The van der Waals surface area contributed by atoms with Crippen LogP contribution in [0.2, 0.25) is 0 Å². The number of sulfonamides is 1. The summed E-state index contributed by atoms with van der Waals surface area (Å²) in [6.45, 7) is 4.55. The molecule has 0 atom stereocenters. The van der Waals surface area contributed by atoms with Crippen LogP contribution in [0.3, 0.4) is 0 Å². The SMILES string of the molecule is CN1C(=O)C(C)(C)c2cc(S(=O)(=O)NCC3CCC(C(=O)NCc4cccs4)CC3)ccc21. The van der Waals surface area contributed by atoms with Crippen molar-refractivity contribution in [1.82, 2.24) is 10.0 Å². The molecule has 33 heavy (non-hydrogen) atoms. The summed E-state index contributed by atoms with van der Waals surface area (Å²) in [7, 11) is -1.98. The molecule has 7 nitrogen and oxygen atoms in total. The van der Waals surface area contributed by atoms with Crippen molar-refractivity contribution in [3.8, 4) is 0 Å². The van der Waals surface area contributed by atoms with E-state index in [9.17, 15) is 18.0 Å². The standard InChI is InChI=1S/C24H31N3O4S2/c1-24(2)20-13-19(10-11-21(20)27(3)23(24)29)33(30,31)26-14-16-6-8-17(9-7-16)22(28)25-15-18-5-4-12-32-18/h4-5,10-13,16-17,26H,6-9,14-15H2,1-3H3,(H,25,28). The number of hydrogen-bond acceptors (Lipinski definition) is 5. The molecule has 2 aliphatic rings. The first-order chi connectivity index (χ1) is 15.6. The van der Waals surface area contributed by atoms with Gasteiger partial charge in [-0.25, -0.2) is 13.1 Å². The smallest absolute Gasteiger partial charge is 0.240 e. The molecule has 178 valence electrons. The molecule has 1 aliphatic heterocycles. The zero-order valence-electron chi connectivity index (χ0n) is 19.3. The second kappa shape index (κ2) is 9.19. The lowest BCUT2D eigenvalue weighted by Crippen LogP contribution is -2.36. The minimum absolute atomic E-state index is 0.00807. The second-order valence-electron chi connectivity index (χ2n) is 9.53. The number of benzene rings is 1. The number of thiophene rings is 1. The number of anilines is 1. The van der Waals surface area contributed by atoms with E-state index in [1.165, 1.54) is 0 Å². The van der Waals surface area contributed by atoms with E-state index >= 15 is 0 Å². The van der Waals surface area contributed by atoms with Gasteiger partial charge in [-0.2, -0.15) is 0 Å². The summed E-state index contributed by atoms with van der Waals surface area (Å²) in [4.78, 5) is 27.8. The Labute approximate surface area is 199 Å². The molecule has 2 N–H and O–H groups in total. The van der Waals surface area contributed by atoms with E-state index < -0.39 is 15.4 Å². The number of amides is 2. The Kier molecular flexibility index (Phi) is 6.66. The fourth-order valence-corrected chi connectivity index (χ4v) is 6.58. The molecule has 1 aromatic carbocycles. The third-order valence-electron chi connectivity index (χ3n) is 6.95. The van der Waals surface area contributed by atoms with Crippen LogP contribution in [0.4, 0.5) is 5.69 Å². The summed E-state index contributed by atoms with van der Waals surface area (Å²) < 4.78 is 28.6. The van der Waals surface area contributed by atoms with E-state index in [1.807, 2.05) is 31.4 Å². The van der Waals surface area contributed by atoms with E-state index in [0.717, 1.165) is 41.8 Å². The highest BCUT2D eigenvalue weighted by Gasteiger charge is 2.42. The molecule has 0 spiro atoms. The summed E-state index contributed by atoms with van der Waals surface area (Å²) >= 11 is 1.63. The summed E-state index contributed by atoms with van der Waals surface area (Å²) in [6.07, 6.45) is 3.17. The maximum atomic E-state index is 12.9. The average Bonchev–Trinajstić information content (AvgIpc) is 3.39. The van der Waals surface area contributed by atoms with Gasteiger partial charge in [0.2, 0.25) is 21.8 Å². The monoisotopic (exact) mass is 489 g/mol. The van der Waals surface area contributed by atoms with Crippen molar-refractivity contribution in [2.24, 2.45) is 11.8 Å². The third kappa shape index (κ3) is 4.85. The highest BCUT2D eigenvalue weighted by Crippen LogP contribution is 2.41. The lowest BCUT2D eigenvalue weighted by atomic mass is 9.81. The molecule has 2 aromatic rings. The van der Waals surface area contributed by atoms with Gasteiger partial charge in [-0.05, 0) is 80.7 Å². The molecule has 0 unspecified atom stereocenters. The number of rotatable bonds is 7. The van der Waals surface area contributed by atoms with Crippen LogP contribution in [-0.2, 0) is 31.6 Å². The zero-order valence-corrected chi connectivity index (χ0v) is 20.9. The van der Waals surface area contributed by atoms with Crippen molar-refractivity contribution >= 4 is 38.9 Å². The van der Waals surface area contributed by atoms with Crippen LogP contribution >= 0.6 is 11.3 Å². The van der Waals surface area contributed by atoms with Crippen molar-refractivity contribution in [1.29, 1.82) is 0 Å². The van der Waals surface area contributed by atoms with E-state index in [0.29, 0.717) is 13.1 Å². The van der Waals surface area contributed by atoms with Gasteiger partial charge in [-0.1, -0.05) is 6.07 Å². The van der Waals surface area contributed by atoms with Gasteiger partial charge in [0.05, 0.1) is 16.9 Å². The predicted octanol–water partition coefficient (Wildman–Crippen LogP) is 3.40. The minimum atomic E-state index is -3.69. The van der Waals surface area contributed by atoms with Crippen molar-refractivity contribution in [2.45, 2.75) is 56.4 Å². The average molecular weight is 490 g/mol. The highest BCUT2D eigenvalue weighted by molar-refractivity contribution is 7.89. The molecule has 0 bridgehead atoms. The van der Waals surface area contributed by atoms with Crippen molar-refractivity contribution < 1.29 is 18.0 Å². The molecule has 1 fully saturated rings. The molecular formula is C24H31N3O4S2. The van der Waals surface area contributed by atoms with E-state index in [-0.39, 0.29) is 28.5 Å². The first kappa shape index (κ1) is 23.9. The number of hydrogen-bond donors (Lipinski definition) is 2. The number of nitrogens with one attached hydrogen (secondary N) is 2.